The number of hydrogen-bond acceptors (Lipinski definition) is 7. The molecule has 1 aromatic carbocycles. The van der Waals surface area contributed by atoms with Crippen molar-refractivity contribution in [1.29, 1.82) is 0 Å². The van der Waals surface area contributed by atoms with Gasteiger partial charge in [0.05, 0.1) is 22.8 Å². The largest absolute Gasteiger partial charge is 0.493 e. The van der Waals surface area contributed by atoms with E-state index in [0.29, 0.717) is 41.4 Å². The van der Waals surface area contributed by atoms with Crippen molar-refractivity contribution in [1.82, 2.24) is 29.2 Å². The average Bonchev–Trinajstić information content (AvgIpc) is 3.15. The zero-order valence-corrected chi connectivity index (χ0v) is 22.8. The SMILES string of the molecule is CCCc1nc(C)c2c(=O)[nH]c(-c3cc(S(=O)(=O)NC4CC5(CCN(C)CC5)C4)ccc3OCC)nn12. The summed E-state index contributed by atoms with van der Waals surface area (Å²) >= 11 is 0. The van der Waals surface area contributed by atoms with E-state index in [1.807, 2.05) is 13.8 Å². The fraction of sp³-hybridized carbons (Fsp3) is 0.577. The van der Waals surface area contributed by atoms with E-state index >= 15 is 0 Å². The van der Waals surface area contributed by atoms with Crippen molar-refractivity contribution in [3.63, 3.8) is 0 Å². The highest BCUT2D eigenvalue weighted by Crippen LogP contribution is 2.49. The molecular weight excluding hydrogens is 492 g/mol. The third-order valence-corrected chi connectivity index (χ3v) is 9.28. The predicted molar refractivity (Wildman–Crippen MR) is 141 cm³/mol. The Morgan fingerprint density at radius 1 is 1.22 bits per heavy atom. The quantitative estimate of drug-likeness (QED) is 0.461. The maximum atomic E-state index is 13.4. The van der Waals surface area contributed by atoms with Gasteiger partial charge in [-0.1, -0.05) is 6.92 Å². The second-order valence-electron chi connectivity index (χ2n) is 10.5. The number of aryl methyl sites for hydroxylation is 2. The van der Waals surface area contributed by atoms with Crippen LogP contribution in [-0.4, -0.2) is 65.7 Å². The molecule has 0 radical (unpaired) electrons. The first kappa shape index (κ1) is 25.9. The minimum absolute atomic E-state index is 0.0665. The first-order chi connectivity index (χ1) is 17.6. The molecule has 2 aliphatic rings. The van der Waals surface area contributed by atoms with Crippen molar-refractivity contribution in [2.24, 2.45) is 5.41 Å². The normalized spacial score (nSPS) is 18.4. The smallest absolute Gasteiger partial charge is 0.277 e. The van der Waals surface area contributed by atoms with Gasteiger partial charge in [-0.05, 0) is 89.7 Å². The first-order valence-electron chi connectivity index (χ1n) is 13.1. The zero-order valence-electron chi connectivity index (χ0n) is 22.0. The van der Waals surface area contributed by atoms with Gasteiger partial charge in [0.15, 0.2) is 11.3 Å². The van der Waals surface area contributed by atoms with Crippen LogP contribution in [0.5, 0.6) is 5.75 Å². The molecule has 1 spiro atoms. The molecule has 1 aliphatic carbocycles. The third-order valence-electron chi connectivity index (χ3n) is 7.76. The number of likely N-dealkylation sites (tertiary alicyclic amines) is 1. The molecule has 0 unspecified atom stereocenters. The lowest BCUT2D eigenvalue weighted by Gasteiger charge is -2.51. The summed E-state index contributed by atoms with van der Waals surface area (Å²) < 4.78 is 37.0. The molecule has 3 aromatic rings. The number of piperidine rings is 1. The molecule has 37 heavy (non-hydrogen) atoms. The van der Waals surface area contributed by atoms with Crippen LogP contribution in [0.25, 0.3) is 16.9 Å². The molecule has 2 aromatic heterocycles. The van der Waals surface area contributed by atoms with Crippen LogP contribution in [0.3, 0.4) is 0 Å². The molecule has 2 N–H and O–H groups in total. The standard InChI is InChI=1S/C26H36N6O4S/c1-5-7-22-27-17(3)23-25(33)28-24(29-32(22)23)20-14-19(8-9-21(20)36-6-2)37(34,35)30-18-15-26(16-18)10-12-31(4)13-11-26/h8-9,14,18,30H,5-7,10-13,15-16H2,1-4H3,(H,28,29,33). The minimum atomic E-state index is -3.77. The van der Waals surface area contributed by atoms with E-state index in [1.54, 1.807) is 23.6 Å². The van der Waals surface area contributed by atoms with Gasteiger partial charge in [-0.25, -0.2) is 22.6 Å². The summed E-state index contributed by atoms with van der Waals surface area (Å²) in [5.74, 6) is 1.38. The Morgan fingerprint density at radius 3 is 2.62 bits per heavy atom. The van der Waals surface area contributed by atoms with E-state index in [2.05, 4.69) is 31.7 Å². The van der Waals surface area contributed by atoms with Crippen LogP contribution in [-0.2, 0) is 16.4 Å². The van der Waals surface area contributed by atoms with Gasteiger partial charge in [0.2, 0.25) is 10.0 Å². The van der Waals surface area contributed by atoms with Crippen LogP contribution in [0, 0.1) is 12.3 Å². The van der Waals surface area contributed by atoms with E-state index < -0.39 is 10.0 Å². The van der Waals surface area contributed by atoms with Gasteiger partial charge in [-0.2, -0.15) is 0 Å². The Hall–Kier alpha value is -2.76. The van der Waals surface area contributed by atoms with Crippen LogP contribution in [0.2, 0.25) is 0 Å². The van der Waals surface area contributed by atoms with Crippen LogP contribution in [0.4, 0.5) is 0 Å². The summed E-state index contributed by atoms with van der Waals surface area (Å²) in [6.45, 7) is 8.18. The van der Waals surface area contributed by atoms with Crippen LogP contribution in [0.15, 0.2) is 27.9 Å². The number of nitrogens with one attached hydrogen (secondary N) is 2. The lowest BCUT2D eigenvalue weighted by Crippen LogP contribution is -2.54. The topological polar surface area (TPSA) is 122 Å². The Labute approximate surface area is 217 Å². The number of fused-ring (bicyclic) bond motifs is 1. The molecule has 10 nitrogen and oxygen atoms in total. The number of H-pyrrole nitrogens is 1. The molecule has 3 heterocycles. The number of aromatic nitrogens is 4. The maximum Gasteiger partial charge on any atom is 0.277 e. The Balaban J connectivity index is 1.47. The van der Waals surface area contributed by atoms with E-state index in [4.69, 9.17) is 4.74 Å². The van der Waals surface area contributed by atoms with Crippen molar-refractivity contribution >= 4 is 15.5 Å². The number of imidazole rings is 1. The summed E-state index contributed by atoms with van der Waals surface area (Å²) in [5.41, 5.74) is 1.35. The number of ether oxygens (including phenoxy) is 1. The van der Waals surface area contributed by atoms with E-state index in [9.17, 15) is 13.2 Å². The van der Waals surface area contributed by atoms with Gasteiger partial charge < -0.3 is 14.6 Å². The van der Waals surface area contributed by atoms with Gasteiger partial charge in [-0.3, -0.25) is 4.79 Å². The molecule has 0 atom stereocenters. The van der Waals surface area contributed by atoms with Crippen LogP contribution < -0.4 is 15.0 Å². The van der Waals surface area contributed by atoms with Gasteiger partial charge in [-0.15, -0.1) is 5.10 Å². The lowest BCUT2D eigenvalue weighted by molar-refractivity contribution is 0.0211. The summed E-state index contributed by atoms with van der Waals surface area (Å²) in [7, 11) is -1.64. The second kappa shape index (κ2) is 9.85. The van der Waals surface area contributed by atoms with Crippen molar-refractivity contribution in [3.8, 4) is 17.1 Å². The van der Waals surface area contributed by atoms with Gasteiger partial charge in [0.1, 0.15) is 11.6 Å². The molecular formula is C26H36N6O4S. The monoisotopic (exact) mass is 528 g/mol. The number of aromatic amines is 1. The Morgan fingerprint density at radius 2 is 1.95 bits per heavy atom. The van der Waals surface area contributed by atoms with Gasteiger partial charge >= 0.3 is 0 Å². The van der Waals surface area contributed by atoms with Gasteiger partial charge in [0.25, 0.3) is 5.56 Å². The summed E-state index contributed by atoms with van der Waals surface area (Å²) in [6, 6.07) is 4.64. The number of benzene rings is 1. The van der Waals surface area contributed by atoms with Crippen molar-refractivity contribution in [2.45, 2.75) is 70.2 Å². The minimum Gasteiger partial charge on any atom is -0.493 e. The van der Waals surface area contributed by atoms with Crippen molar-refractivity contribution in [3.05, 3.63) is 40.1 Å². The second-order valence-corrected chi connectivity index (χ2v) is 12.3. The number of rotatable bonds is 8. The number of hydrogen-bond donors (Lipinski definition) is 2. The molecule has 0 amide bonds. The molecule has 1 saturated carbocycles. The van der Waals surface area contributed by atoms with Crippen LogP contribution >= 0.6 is 0 Å². The fourth-order valence-corrected chi connectivity index (χ4v) is 7.00. The van der Waals surface area contributed by atoms with E-state index in [1.165, 1.54) is 6.07 Å². The van der Waals surface area contributed by atoms with Crippen molar-refractivity contribution < 1.29 is 13.2 Å². The Kier molecular flexibility index (Phi) is 6.88. The zero-order chi connectivity index (χ0) is 26.4. The molecule has 5 rings (SSSR count). The average molecular weight is 529 g/mol. The molecule has 11 heteroatoms. The maximum absolute atomic E-state index is 13.4. The molecule has 0 bridgehead atoms. The molecule has 1 aliphatic heterocycles. The van der Waals surface area contributed by atoms with E-state index in [0.717, 1.165) is 45.2 Å². The first-order valence-corrected chi connectivity index (χ1v) is 14.6. The highest BCUT2D eigenvalue weighted by atomic mass is 32.2. The fourth-order valence-electron chi connectivity index (χ4n) is 5.74. The lowest BCUT2D eigenvalue weighted by atomic mass is 9.61. The molecule has 1 saturated heterocycles. The van der Waals surface area contributed by atoms with Crippen LogP contribution in [0.1, 0.15) is 57.5 Å². The van der Waals surface area contributed by atoms with Gasteiger partial charge in [0, 0.05) is 12.5 Å². The Bertz CT molecular complexity index is 1460. The van der Waals surface area contributed by atoms with E-state index in [-0.39, 0.29) is 27.7 Å². The highest BCUT2D eigenvalue weighted by molar-refractivity contribution is 7.89. The third kappa shape index (κ3) is 4.92. The molecule has 2 fully saturated rings. The summed E-state index contributed by atoms with van der Waals surface area (Å²) in [4.78, 5) is 22.8. The highest BCUT2D eigenvalue weighted by Gasteiger charge is 2.46. The summed E-state index contributed by atoms with van der Waals surface area (Å²) in [6.07, 6.45) is 5.49. The number of sulfonamides is 1. The molecule has 200 valence electrons. The number of nitrogens with zero attached hydrogens (tertiary/aromatic N) is 4. The summed E-state index contributed by atoms with van der Waals surface area (Å²) in [5, 5.41) is 4.66. The van der Waals surface area contributed by atoms with Crippen molar-refractivity contribution in [2.75, 3.05) is 26.7 Å². The predicted octanol–water partition coefficient (Wildman–Crippen LogP) is 2.90.